The van der Waals surface area contributed by atoms with Crippen molar-refractivity contribution in [2.75, 3.05) is 5.75 Å². The molecule has 0 rings (SSSR count). The number of hydrogen-bond acceptors (Lipinski definition) is 3. The van der Waals surface area contributed by atoms with E-state index in [0.717, 1.165) is 0 Å². The Morgan fingerprint density at radius 2 is 2.29 bits per heavy atom. The SMILES string of the molecule is N[C@H]([C-]=O)CS.[Cu+]. The molecule has 0 unspecified atom stereocenters. The van der Waals surface area contributed by atoms with E-state index in [1.165, 1.54) is 0 Å². The normalized spacial score (nSPS) is 11.7. The zero-order chi connectivity index (χ0) is 4.99. The monoisotopic (exact) mass is 167 g/mol. The molecule has 0 aliphatic rings. The minimum atomic E-state index is -0.506. The molecule has 46 valence electrons. The van der Waals surface area contributed by atoms with E-state index >= 15 is 0 Å². The van der Waals surface area contributed by atoms with Gasteiger partial charge in [-0.25, -0.2) is 6.29 Å². The molecule has 7 heavy (non-hydrogen) atoms. The Bertz CT molecular complexity index is 52.2. The van der Waals surface area contributed by atoms with Crippen LogP contribution < -0.4 is 5.73 Å². The van der Waals surface area contributed by atoms with Gasteiger partial charge in [0.25, 0.3) is 0 Å². The summed E-state index contributed by atoms with van der Waals surface area (Å²) in [6.45, 7) is 0. The molecule has 1 atom stereocenters. The number of nitrogens with two attached hydrogens (primary N) is 1. The summed E-state index contributed by atoms with van der Waals surface area (Å²) in [5, 5.41) is 0. The van der Waals surface area contributed by atoms with Gasteiger partial charge < -0.3 is 10.5 Å². The number of thiol groups is 1. The van der Waals surface area contributed by atoms with Crippen LogP contribution in [-0.4, -0.2) is 18.1 Å². The molecular weight excluding hydrogens is 162 g/mol. The molecule has 0 bridgehead atoms. The van der Waals surface area contributed by atoms with Gasteiger partial charge in [-0.2, -0.15) is 12.6 Å². The fraction of sp³-hybridized carbons (Fsp3) is 0.667. The molecule has 0 aromatic carbocycles. The molecule has 4 heteroatoms. The van der Waals surface area contributed by atoms with Gasteiger partial charge in [0.2, 0.25) is 0 Å². The van der Waals surface area contributed by atoms with Crippen LogP contribution in [0.5, 0.6) is 0 Å². The van der Waals surface area contributed by atoms with E-state index in [1.807, 2.05) is 0 Å². The quantitative estimate of drug-likeness (QED) is 0.326. The Morgan fingerprint density at radius 1 is 1.86 bits per heavy atom. The molecule has 0 radical (unpaired) electrons. The summed E-state index contributed by atoms with van der Waals surface area (Å²) in [5.74, 6) is 0.378. The summed E-state index contributed by atoms with van der Waals surface area (Å²) in [7, 11) is 0. The van der Waals surface area contributed by atoms with Crippen molar-refractivity contribution in [3.05, 3.63) is 0 Å². The molecule has 0 aromatic rings. The van der Waals surface area contributed by atoms with Gasteiger partial charge in [-0.1, -0.05) is 6.04 Å². The van der Waals surface area contributed by atoms with E-state index in [9.17, 15) is 4.79 Å². The van der Waals surface area contributed by atoms with Crippen LogP contribution >= 0.6 is 12.6 Å². The summed E-state index contributed by atoms with van der Waals surface area (Å²) in [5.41, 5.74) is 4.97. The third kappa shape index (κ3) is 6.50. The minimum Gasteiger partial charge on any atom is -0.540 e. The van der Waals surface area contributed by atoms with Gasteiger partial charge in [-0.3, -0.25) is 0 Å². The fourth-order valence-electron chi connectivity index (χ4n) is 0.0373. The third-order valence-electron chi connectivity index (χ3n) is 0.348. The smallest absolute Gasteiger partial charge is 0.540 e. The molecule has 0 heterocycles. The Labute approximate surface area is 58.7 Å². The predicted octanol–water partition coefficient (Wildman–Crippen LogP) is -0.649. The van der Waals surface area contributed by atoms with Crippen LogP contribution in [0.15, 0.2) is 0 Å². The van der Waals surface area contributed by atoms with Crippen LogP contribution in [0.3, 0.4) is 0 Å². The Hall–Kier alpha value is 0.499. The molecule has 0 spiro atoms. The molecule has 2 nitrogen and oxygen atoms in total. The van der Waals surface area contributed by atoms with Crippen LogP contribution in [-0.2, 0) is 21.9 Å². The Morgan fingerprint density at radius 3 is 2.29 bits per heavy atom. The fourth-order valence-corrected chi connectivity index (χ4v) is 0.112. The zero-order valence-corrected chi connectivity index (χ0v) is 5.35. The van der Waals surface area contributed by atoms with Gasteiger partial charge in [0.05, 0.1) is 0 Å². The van der Waals surface area contributed by atoms with Crippen LogP contribution in [0.1, 0.15) is 0 Å². The van der Waals surface area contributed by atoms with Crippen molar-refractivity contribution >= 4 is 18.9 Å². The summed E-state index contributed by atoms with van der Waals surface area (Å²) < 4.78 is 0. The first-order chi connectivity index (χ1) is 2.81. The average Bonchev–Trinajstić information content (AvgIpc) is 1.65. The van der Waals surface area contributed by atoms with Gasteiger partial charge >= 0.3 is 17.1 Å². The molecule has 0 aliphatic carbocycles. The number of rotatable bonds is 2. The van der Waals surface area contributed by atoms with Crippen molar-refractivity contribution in [2.45, 2.75) is 6.04 Å². The van der Waals surface area contributed by atoms with Gasteiger partial charge in [-0.15, -0.1) is 0 Å². The van der Waals surface area contributed by atoms with E-state index in [2.05, 4.69) is 12.6 Å². The zero-order valence-electron chi connectivity index (χ0n) is 3.52. The minimum absolute atomic E-state index is 0. The number of hydrogen-bond donors (Lipinski definition) is 2. The first-order valence-electron chi connectivity index (χ1n) is 1.55. The molecule has 0 fully saturated rings. The van der Waals surface area contributed by atoms with Crippen LogP contribution in [0.2, 0.25) is 0 Å². The largest absolute Gasteiger partial charge is 1.00 e. The van der Waals surface area contributed by atoms with E-state index in [0.29, 0.717) is 5.75 Å². The van der Waals surface area contributed by atoms with Crippen molar-refractivity contribution in [2.24, 2.45) is 5.73 Å². The average molecular weight is 168 g/mol. The molecule has 0 aliphatic heterocycles. The summed E-state index contributed by atoms with van der Waals surface area (Å²) in [4.78, 5) is 9.44. The topological polar surface area (TPSA) is 43.1 Å². The van der Waals surface area contributed by atoms with E-state index in [-0.39, 0.29) is 17.1 Å². The maximum absolute atomic E-state index is 9.44. The molecular formula is C3H6CuNOS. The predicted molar refractivity (Wildman–Crippen MR) is 27.5 cm³/mol. The second-order valence-electron chi connectivity index (χ2n) is 0.907. The summed E-state index contributed by atoms with van der Waals surface area (Å²) in [6.07, 6.45) is 1.57. The van der Waals surface area contributed by atoms with Gasteiger partial charge in [0.1, 0.15) is 0 Å². The van der Waals surface area contributed by atoms with Gasteiger partial charge in [0, 0.05) is 0 Å². The Balaban J connectivity index is 0. The first kappa shape index (κ1) is 10.5. The summed E-state index contributed by atoms with van der Waals surface area (Å²) >= 11 is 3.71. The third-order valence-corrected chi connectivity index (χ3v) is 0.741. The van der Waals surface area contributed by atoms with Crippen LogP contribution in [0.4, 0.5) is 0 Å². The maximum Gasteiger partial charge on any atom is 1.00 e. The maximum atomic E-state index is 9.44. The second-order valence-corrected chi connectivity index (χ2v) is 1.27. The summed E-state index contributed by atoms with van der Waals surface area (Å²) in [6, 6.07) is -0.506. The van der Waals surface area contributed by atoms with Crippen molar-refractivity contribution in [1.82, 2.24) is 0 Å². The molecule has 0 saturated heterocycles. The van der Waals surface area contributed by atoms with E-state index < -0.39 is 6.04 Å². The van der Waals surface area contributed by atoms with E-state index in [4.69, 9.17) is 5.73 Å². The molecule has 0 saturated carbocycles. The molecule has 0 amide bonds. The molecule has 2 N–H and O–H groups in total. The standard InChI is InChI=1S/C3H6NOS.Cu/c4-3(1-5)2-6;/h3,6H,2,4H2;/q-1;+1/t3-;/m1./s1. The van der Waals surface area contributed by atoms with E-state index in [1.54, 1.807) is 6.29 Å². The molecule has 0 aromatic heterocycles. The van der Waals surface area contributed by atoms with Crippen molar-refractivity contribution in [3.8, 4) is 0 Å². The van der Waals surface area contributed by atoms with Gasteiger partial charge in [-0.05, 0) is 5.75 Å². The van der Waals surface area contributed by atoms with Crippen molar-refractivity contribution in [1.29, 1.82) is 0 Å². The van der Waals surface area contributed by atoms with Gasteiger partial charge in [0.15, 0.2) is 0 Å². The second kappa shape index (κ2) is 6.50. The number of carbonyl (C=O) groups excluding carboxylic acids is 1. The van der Waals surface area contributed by atoms with Crippen molar-refractivity contribution < 1.29 is 21.9 Å². The van der Waals surface area contributed by atoms with Crippen molar-refractivity contribution in [3.63, 3.8) is 0 Å². The van der Waals surface area contributed by atoms with Crippen LogP contribution in [0.25, 0.3) is 0 Å². The first-order valence-corrected chi connectivity index (χ1v) is 2.18. The van der Waals surface area contributed by atoms with Crippen LogP contribution in [0, 0.1) is 0 Å². The Kier molecular flexibility index (Phi) is 9.73.